The van der Waals surface area contributed by atoms with Crippen molar-refractivity contribution in [3.8, 4) is 5.75 Å². The normalized spacial score (nSPS) is 11.6. The van der Waals surface area contributed by atoms with Gasteiger partial charge in [-0.1, -0.05) is 11.6 Å². The summed E-state index contributed by atoms with van der Waals surface area (Å²) in [6.45, 7) is 5.68. The van der Waals surface area contributed by atoms with E-state index in [1.807, 2.05) is 0 Å². The summed E-state index contributed by atoms with van der Waals surface area (Å²) in [5, 5.41) is 0.379. The summed E-state index contributed by atoms with van der Waals surface area (Å²) >= 11 is 6.04. The van der Waals surface area contributed by atoms with Crippen molar-refractivity contribution in [2.24, 2.45) is 0 Å². The van der Waals surface area contributed by atoms with E-state index >= 15 is 0 Å². The second kappa shape index (κ2) is 5.46. The summed E-state index contributed by atoms with van der Waals surface area (Å²) < 4.78 is 31.7. The molecule has 0 aliphatic rings. The Labute approximate surface area is 123 Å². The molecule has 20 heavy (non-hydrogen) atoms. The lowest BCUT2D eigenvalue weighted by molar-refractivity contribution is 0.331. The van der Waals surface area contributed by atoms with Gasteiger partial charge in [-0.3, -0.25) is 0 Å². The Balaban J connectivity index is 2.64. The first-order valence-electron chi connectivity index (χ1n) is 6.05. The van der Waals surface area contributed by atoms with Gasteiger partial charge >= 0.3 is 0 Å². The van der Waals surface area contributed by atoms with Crippen molar-refractivity contribution < 1.29 is 13.2 Å². The molecular weight excluding hydrogens is 300 g/mol. The molecule has 5 nitrogen and oxygen atoms in total. The van der Waals surface area contributed by atoms with Crippen molar-refractivity contribution >= 4 is 21.6 Å². The maximum Gasteiger partial charge on any atom is 0.272 e. The second-order valence-corrected chi connectivity index (χ2v) is 6.55. The minimum Gasteiger partial charge on any atom is -0.492 e. The Bertz CT molecular complexity index is 738. The molecule has 0 saturated carbocycles. The van der Waals surface area contributed by atoms with E-state index in [4.69, 9.17) is 16.3 Å². The van der Waals surface area contributed by atoms with Gasteiger partial charge in [0.15, 0.2) is 0 Å². The maximum absolute atomic E-state index is 12.6. The van der Waals surface area contributed by atoms with Crippen molar-refractivity contribution in [2.45, 2.75) is 25.7 Å². The van der Waals surface area contributed by atoms with E-state index in [2.05, 4.69) is 4.98 Å². The molecule has 0 saturated heterocycles. The van der Waals surface area contributed by atoms with E-state index in [0.717, 1.165) is 9.54 Å². The number of aromatic nitrogens is 2. The SMILES string of the molecule is CCOc1cc(C)c(Cl)cc1S(=O)(=O)n1cnc(C)c1. The Morgan fingerprint density at radius 3 is 2.60 bits per heavy atom. The van der Waals surface area contributed by atoms with Gasteiger partial charge in [0.2, 0.25) is 0 Å². The molecule has 1 aromatic heterocycles. The number of hydrogen-bond acceptors (Lipinski definition) is 4. The summed E-state index contributed by atoms with van der Waals surface area (Å²) in [6, 6.07) is 3.04. The standard InChI is InChI=1S/C13H15ClN2O3S/c1-4-19-12-5-9(2)11(14)6-13(12)20(17,18)16-7-10(3)15-8-16/h5-8H,4H2,1-3H3. The molecule has 0 unspecified atom stereocenters. The number of aryl methyl sites for hydroxylation is 2. The number of hydrogen-bond donors (Lipinski definition) is 0. The fourth-order valence-electron chi connectivity index (χ4n) is 1.75. The van der Waals surface area contributed by atoms with E-state index in [9.17, 15) is 8.42 Å². The van der Waals surface area contributed by atoms with Crippen LogP contribution in [0.15, 0.2) is 29.6 Å². The molecule has 1 aromatic carbocycles. The van der Waals surface area contributed by atoms with Crippen LogP contribution in [-0.4, -0.2) is 24.0 Å². The Morgan fingerprint density at radius 1 is 1.35 bits per heavy atom. The summed E-state index contributed by atoms with van der Waals surface area (Å²) in [7, 11) is -3.77. The Hall–Kier alpha value is -1.53. The molecule has 2 rings (SSSR count). The van der Waals surface area contributed by atoms with Crippen molar-refractivity contribution in [3.05, 3.63) is 40.9 Å². The van der Waals surface area contributed by atoms with Crippen LogP contribution in [0.5, 0.6) is 5.75 Å². The molecule has 0 N–H and O–H groups in total. The molecule has 0 radical (unpaired) electrons. The van der Waals surface area contributed by atoms with Crippen LogP contribution in [-0.2, 0) is 10.0 Å². The number of nitrogens with zero attached hydrogens (tertiary/aromatic N) is 2. The predicted octanol–water partition coefficient (Wildman–Crippen LogP) is 2.79. The lowest BCUT2D eigenvalue weighted by Gasteiger charge is -2.13. The average Bonchev–Trinajstić information content (AvgIpc) is 2.81. The fourth-order valence-corrected chi connectivity index (χ4v) is 3.31. The lowest BCUT2D eigenvalue weighted by atomic mass is 10.2. The zero-order valence-corrected chi connectivity index (χ0v) is 13.0. The molecule has 7 heteroatoms. The van der Waals surface area contributed by atoms with E-state index in [0.29, 0.717) is 23.1 Å². The molecule has 108 valence electrons. The smallest absolute Gasteiger partial charge is 0.272 e. The molecule has 0 fully saturated rings. The highest BCUT2D eigenvalue weighted by atomic mass is 35.5. The Kier molecular flexibility index (Phi) is 4.06. The Morgan fingerprint density at radius 2 is 2.05 bits per heavy atom. The topological polar surface area (TPSA) is 61.2 Å². The van der Waals surface area contributed by atoms with Gasteiger partial charge in [-0.25, -0.2) is 17.4 Å². The quantitative estimate of drug-likeness (QED) is 0.870. The fraction of sp³-hybridized carbons (Fsp3) is 0.308. The minimum absolute atomic E-state index is 0.0346. The van der Waals surface area contributed by atoms with Crippen molar-refractivity contribution in [1.29, 1.82) is 0 Å². The zero-order chi connectivity index (χ0) is 14.9. The van der Waals surface area contributed by atoms with E-state index in [1.54, 1.807) is 26.8 Å². The summed E-state index contributed by atoms with van der Waals surface area (Å²) in [4.78, 5) is 3.97. The van der Waals surface area contributed by atoms with Gasteiger partial charge in [0.1, 0.15) is 17.0 Å². The highest BCUT2D eigenvalue weighted by Crippen LogP contribution is 2.31. The third-order valence-corrected chi connectivity index (χ3v) is 4.81. The maximum atomic E-state index is 12.6. The number of benzene rings is 1. The van der Waals surface area contributed by atoms with Crippen LogP contribution in [0.25, 0.3) is 0 Å². The number of halogens is 1. The molecule has 0 aliphatic carbocycles. The highest BCUT2D eigenvalue weighted by molar-refractivity contribution is 7.90. The molecule has 0 atom stereocenters. The number of ether oxygens (including phenoxy) is 1. The summed E-state index contributed by atoms with van der Waals surface area (Å²) in [6.07, 6.45) is 2.70. The molecule has 0 amide bonds. The van der Waals surface area contributed by atoms with Gasteiger partial charge in [0, 0.05) is 11.2 Å². The average molecular weight is 315 g/mol. The highest BCUT2D eigenvalue weighted by Gasteiger charge is 2.23. The largest absolute Gasteiger partial charge is 0.492 e. The van der Waals surface area contributed by atoms with Crippen molar-refractivity contribution in [2.75, 3.05) is 6.61 Å². The van der Waals surface area contributed by atoms with Gasteiger partial charge in [-0.05, 0) is 38.5 Å². The molecular formula is C13H15ClN2O3S. The number of rotatable bonds is 4. The third-order valence-electron chi connectivity index (χ3n) is 2.77. The number of imidazole rings is 1. The molecule has 0 spiro atoms. The lowest BCUT2D eigenvalue weighted by Crippen LogP contribution is -2.13. The van der Waals surface area contributed by atoms with Crippen LogP contribution >= 0.6 is 11.6 Å². The van der Waals surface area contributed by atoms with Gasteiger partial charge in [0.25, 0.3) is 10.0 Å². The van der Waals surface area contributed by atoms with Crippen molar-refractivity contribution in [3.63, 3.8) is 0 Å². The first kappa shape index (κ1) is 14.9. The summed E-state index contributed by atoms with van der Waals surface area (Å²) in [5.74, 6) is 0.292. The van der Waals surface area contributed by atoms with Crippen LogP contribution in [0.2, 0.25) is 5.02 Å². The summed E-state index contributed by atoms with van der Waals surface area (Å²) in [5.41, 5.74) is 1.38. The molecule has 1 heterocycles. The van der Waals surface area contributed by atoms with Gasteiger partial charge in [-0.2, -0.15) is 0 Å². The monoisotopic (exact) mass is 314 g/mol. The van der Waals surface area contributed by atoms with E-state index in [1.165, 1.54) is 18.6 Å². The van der Waals surface area contributed by atoms with Crippen molar-refractivity contribution in [1.82, 2.24) is 8.96 Å². The van der Waals surface area contributed by atoms with Gasteiger partial charge in [-0.15, -0.1) is 0 Å². The van der Waals surface area contributed by atoms with Gasteiger partial charge in [0.05, 0.1) is 12.3 Å². The first-order chi connectivity index (χ1) is 9.36. The third kappa shape index (κ3) is 2.66. The minimum atomic E-state index is -3.77. The van der Waals surface area contributed by atoms with Gasteiger partial charge < -0.3 is 4.74 Å². The van der Waals surface area contributed by atoms with Crippen LogP contribution < -0.4 is 4.74 Å². The van der Waals surface area contributed by atoms with Crippen LogP contribution in [0.3, 0.4) is 0 Å². The molecule has 0 bridgehead atoms. The predicted molar refractivity (Wildman–Crippen MR) is 76.9 cm³/mol. The van der Waals surface area contributed by atoms with E-state index in [-0.39, 0.29) is 4.90 Å². The van der Waals surface area contributed by atoms with E-state index < -0.39 is 10.0 Å². The van der Waals surface area contributed by atoms with Crippen LogP contribution in [0.4, 0.5) is 0 Å². The second-order valence-electron chi connectivity index (χ2n) is 4.33. The van der Waals surface area contributed by atoms with Crippen LogP contribution in [0.1, 0.15) is 18.2 Å². The first-order valence-corrected chi connectivity index (χ1v) is 7.87. The van der Waals surface area contributed by atoms with Crippen LogP contribution in [0, 0.1) is 13.8 Å². The molecule has 0 aliphatic heterocycles. The zero-order valence-electron chi connectivity index (χ0n) is 11.4. The molecule has 2 aromatic rings.